The molecule has 2 aromatic heterocycles. The molecule has 0 unspecified atom stereocenters. The molecule has 0 fully saturated rings. The maximum Gasteiger partial charge on any atom is 0.185 e. The number of nitrogens with zero attached hydrogens (tertiary/aromatic N) is 4. The van der Waals surface area contributed by atoms with E-state index < -0.39 is 0 Å². The van der Waals surface area contributed by atoms with Crippen molar-refractivity contribution >= 4 is 34.7 Å². The van der Waals surface area contributed by atoms with Gasteiger partial charge < -0.3 is 10.1 Å². The summed E-state index contributed by atoms with van der Waals surface area (Å²) in [7, 11) is 0. The van der Waals surface area contributed by atoms with E-state index in [2.05, 4.69) is 27.2 Å². The van der Waals surface area contributed by atoms with Crippen LogP contribution in [0.3, 0.4) is 0 Å². The predicted octanol–water partition coefficient (Wildman–Crippen LogP) is 4.10. The van der Waals surface area contributed by atoms with Crippen LogP contribution in [0.25, 0.3) is 17.0 Å². The summed E-state index contributed by atoms with van der Waals surface area (Å²) >= 11 is 12.2. The average Bonchev–Trinajstić information content (AvgIpc) is 2.96. The lowest BCUT2D eigenvalue weighted by atomic mass is 10.2. The highest BCUT2D eigenvalue weighted by Crippen LogP contribution is 2.26. The van der Waals surface area contributed by atoms with Crippen LogP contribution in [0, 0.1) is 0 Å². The minimum absolute atomic E-state index is 0.531. The van der Waals surface area contributed by atoms with Crippen LogP contribution in [0.5, 0.6) is 0 Å². The van der Waals surface area contributed by atoms with Crippen LogP contribution in [-0.4, -0.2) is 39.6 Å². The Labute approximate surface area is 155 Å². The van der Waals surface area contributed by atoms with E-state index in [-0.39, 0.29) is 0 Å². The van der Waals surface area contributed by atoms with Crippen molar-refractivity contribution in [3.8, 4) is 11.4 Å². The van der Waals surface area contributed by atoms with Crippen molar-refractivity contribution in [2.75, 3.05) is 25.1 Å². The second-order valence-corrected chi connectivity index (χ2v) is 6.48. The van der Waals surface area contributed by atoms with Crippen LogP contribution >= 0.6 is 23.2 Å². The van der Waals surface area contributed by atoms with Crippen molar-refractivity contribution in [3.05, 3.63) is 52.5 Å². The highest BCUT2D eigenvalue weighted by atomic mass is 35.5. The molecule has 6 nitrogen and oxygen atoms in total. The summed E-state index contributed by atoms with van der Waals surface area (Å²) in [6, 6.07) is 8.90. The number of ether oxygens (including phenoxy) is 1. The Bertz CT molecular complexity index is 889. The molecule has 0 saturated carbocycles. The lowest BCUT2D eigenvalue weighted by molar-refractivity contribution is 0.167. The molecule has 3 rings (SSSR count). The van der Waals surface area contributed by atoms with Gasteiger partial charge in [0.15, 0.2) is 11.5 Å². The zero-order valence-corrected chi connectivity index (χ0v) is 15.2. The van der Waals surface area contributed by atoms with E-state index in [4.69, 9.17) is 27.9 Å². The maximum absolute atomic E-state index is 6.08. The average molecular weight is 378 g/mol. The van der Waals surface area contributed by atoms with Gasteiger partial charge in [0.25, 0.3) is 0 Å². The standard InChI is InChI=1S/C17H17Cl2N5O/c1-11(2)10-25-6-5-20-15-3-4-16-21-22-17(24(16)23-15)12-7-13(18)9-14(19)8-12/h3-4,7-9H,1,5-6,10H2,2H3,(H,20,23). The molecule has 0 radical (unpaired) electrons. The molecule has 0 amide bonds. The Morgan fingerprint density at radius 2 is 1.96 bits per heavy atom. The molecule has 0 aliphatic rings. The van der Waals surface area contributed by atoms with Crippen molar-refractivity contribution in [1.29, 1.82) is 0 Å². The summed E-state index contributed by atoms with van der Waals surface area (Å²) in [6.45, 7) is 7.47. The Morgan fingerprint density at radius 1 is 1.20 bits per heavy atom. The molecule has 130 valence electrons. The van der Waals surface area contributed by atoms with Gasteiger partial charge in [0.1, 0.15) is 5.82 Å². The number of hydrogen-bond acceptors (Lipinski definition) is 5. The molecule has 0 spiro atoms. The lowest BCUT2D eigenvalue weighted by Gasteiger charge is -2.07. The van der Waals surface area contributed by atoms with E-state index >= 15 is 0 Å². The van der Waals surface area contributed by atoms with Crippen molar-refractivity contribution in [1.82, 2.24) is 19.8 Å². The topological polar surface area (TPSA) is 64.3 Å². The van der Waals surface area contributed by atoms with E-state index in [1.165, 1.54) is 0 Å². The number of benzene rings is 1. The summed E-state index contributed by atoms with van der Waals surface area (Å²) in [5, 5.41) is 17.1. The first-order valence-corrected chi connectivity index (χ1v) is 8.43. The van der Waals surface area contributed by atoms with Gasteiger partial charge in [-0.3, -0.25) is 0 Å². The van der Waals surface area contributed by atoms with Gasteiger partial charge in [-0.1, -0.05) is 35.4 Å². The monoisotopic (exact) mass is 377 g/mol. The Kier molecular flexibility index (Phi) is 5.53. The highest BCUT2D eigenvalue weighted by Gasteiger charge is 2.11. The molecule has 2 heterocycles. The van der Waals surface area contributed by atoms with E-state index in [1.807, 2.05) is 19.1 Å². The lowest BCUT2D eigenvalue weighted by Crippen LogP contribution is -2.12. The summed E-state index contributed by atoms with van der Waals surface area (Å²) in [4.78, 5) is 0. The van der Waals surface area contributed by atoms with Crippen molar-refractivity contribution in [2.24, 2.45) is 0 Å². The third-order valence-electron chi connectivity index (χ3n) is 3.28. The van der Waals surface area contributed by atoms with E-state index in [0.29, 0.717) is 47.1 Å². The Morgan fingerprint density at radius 3 is 2.68 bits per heavy atom. The fraction of sp³-hybridized carbons (Fsp3) is 0.235. The molecule has 0 aliphatic heterocycles. The Balaban J connectivity index is 1.79. The minimum atomic E-state index is 0.531. The largest absolute Gasteiger partial charge is 0.375 e. The van der Waals surface area contributed by atoms with Gasteiger partial charge in [-0.15, -0.1) is 15.3 Å². The Hall–Kier alpha value is -2.15. The quantitative estimate of drug-likeness (QED) is 0.495. The molecule has 0 aliphatic carbocycles. The molecule has 3 aromatic rings. The smallest absolute Gasteiger partial charge is 0.185 e. The fourth-order valence-electron chi connectivity index (χ4n) is 2.24. The molecular formula is C17H17Cl2N5O. The van der Waals surface area contributed by atoms with Crippen LogP contribution in [0.1, 0.15) is 6.92 Å². The van der Waals surface area contributed by atoms with Crippen molar-refractivity contribution < 1.29 is 4.74 Å². The number of rotatable bonds is 7. The van der Waals surface area contributed by atoms with Crippen LogP contribution < -0.4 is 5.32 Å². The number of aromatic nitrogens is 4. The second kappa shape index (κ2) is 7.82. The van der Waals surface area contributed by atoms with Crippen LogP contribution in [-0.2, 0) is 4.74 Å². The van der Waals surface area contributed by atoms with E-state index in [9.17, 15) is 0 Å². The molecule has 8 heteroatoms. The second-order valence-electron chi connectivity index (χ2n) is 5.61. The molecule has 1 N–H and O–H groups in total. The van der Waals surface area contributed by atoms with Gasteiger partial charge in [0.05, 0.1) is 13.2 Å². The summed E-state index contributed by atoms with van der Waals surface area (Å²) in [5.74, 6) is 1.27. The molecule has 25 heavy (non-hydrogen) atoms. The van der Waals surface area contributed by atoms with E-state index in [0.717, 1.165) is 11.1 Å². The van der Waals surface area contributed by atoms with Gasteiger partial charge in [-0.05, 0) is 37.3 Å². The maximum atomic E-state index is 6.08. The molecule has 0 bridgehead atoms. The highest BCUT2D eigenvalue weighted by molar-refractivity contribution is 6.35. The molecular weight excluding hydrogens is 361 g/mol. The first-order chi connectivity index (χ1) is 12.0. The fourth-order valence-corrected chi connectivity index (χ4v) is 2.77. The minimum Gasteiger partial charge on any atom is -0.375 e. The third-order valence-corrected chi connectivity index (χ3v) is 3.72. The zero-order chi connectivity index (χ0) is 17.8. The SMILES string of the molecule is C=C(C)COCCNc1ccc2nnc(-c3cc(Cl)cc(Cl)c3)n2n1. The summed E-state index contributed by atoms with van der Waals surface area (Å²) in [6.07, 6.45) is 0. The number of fused-ring (bicyclic) bond motifs is 1. The molecule has 0 saturated heterocycles. The third kappa shape index (κ3) is 4.48. The number of anilines is 1. The van der Waals surface area contributed by atoms with Gasteiger partial charge in [0.2, 0.25) is 0 Å². The first-order valence-electron chi connectivity index (χ1n) is 7.68. The van der Waals surface area contributed by atoms with Gasteiger partial charge in [-0.25, -0.2) is 0 Å². The number of hydrogen-bond donors (Lipinski definition) is 1. The van der Waals surface area contributed by atoms with Crippen molar-refractivity contribution in [2.45, 2.75) is 6.92 Å². The number of halogens is 2. The van der Waals surface area contributed by atoms with Crippen LogP contribution in [0.15, 0.2) is 42.5 Å². The van der Waals surface area contributed by atoms with Crippen LogP contribution in [0.4, 0.5) is 5.82 Å². The van der Waals surface area contributed by atoms with Gasteiger partial charge >= 0.3 is 0 Å². The zero-order valence-electron chi connectivity index (χ0n) is 13.7. The van der Waals surface area contributed by atoms with Gasteiger partial charge in [0, 0.05) is 22.2 Å². The summed E-state index contributed by atoms with van der Waals surface area (Å²) in [5.41, 5.74) is 2.38. The number of nitrogens with one attached hydrogen (secondary N) is 1. The molecule has 0 atom stereocenters. The predicted molar refractivity (Wildman–Crippen MR) is 100 cm³/mol. The summed E-state index contributed by atoms with van der Waals surface area (Å²) < 4.78 is 7.11. The van der Waals surface area contributed by atoms with Crippen molar-refractivity contribution in [3.63, 3.8) is 0 Å². The first kappa shape index (κ1) is 17.7. The molecule has 1 aromatic carbocycles. The van der Waals surface area contributed by atoms with Crippen LogP contribution in [0.2, 0.25) is 10.0 Å². The normalized spacial score (nSPS) is 11.0. The van der Waals surface area contributed by atoms with E-state index in [1.54, 1.807) is 22.7 Å². The van der Waals surface area contributed by atoms with Gasteiger partial charge in [-0.2, -0.15) is 4.52 Å².